The van der Waals surface area contributed by atoms with Crippen LogP contribution < -0.4 is 20.9 Å². The Morgan fingerprint density at radius 2 is 1.63 bits per heavy atom. The molecule has 1 aromatic heterocycles. The number of furan rings is 1. The molecule has 46 heavy (non-hydrogen) atoms. The summed E-state index contributed by atoms with van der Waals surface area (Å²) >= 11 is 0. The number of unbranched alkanes of at least 4 members (excludes halogenated alkanes) is 2. The van der Waals surface area contributed by atoms with Crippen LogP contribution in [-0.4, -0.2) is 44.1 Å². The second kappa shape index (κ2) is 19.0. The van der Waals surface area contributed by atoms with Gasteiger partial charge in [0.05, 0.1) is 38.5 Å². The predicted molar refractivity (Wildman–Crippen MR) is 173 cm³/mol. The van der Waals surface area contributed by atoms with E-state index in [-0.39, 0.29) is 36.4 Å². The van der Waals surface area contributed by atoms with E-state index in [1.165, 1.54) is 13.2 Å². The maximum Gasteiger partial charge on any atom is 0.338 e. The number of carbonyl (C=O) groups is 4. The molecule has 1 heterocycles. The zero-order valence-corrected chi connectivity index (χ0v) is 27.1. The van der Waals surface area contributed by atoms with E-state index in [9.17, 15) is 19.2 Å². The van der Waals surface area contributed by atoms with Gasteiger partial charge in [-0.05, 0) is 55.2 Å². The monoisotopic (exact) mass is 635 g/mol. The van der Waals surface area contributed by atoms with Crippen molar-refractivity contribution in [2.45, 2.75) is 65.9 Å². The van der Waals surface area contributed by atoms with Crippen molar-refractivity contribution in [2.24, 2.45) is 11.8 Å². The van der Waals surface area contributed by atoms with Gasteiger partial charge < -0.3 is 24.5 Å². The molecule has 0 saturated carbocycles. The number of hydrogen-bond donors (Lipinski definition) is 3. The van der Waals surface area contributed by atoms with Crippen LogP contribution in [0.15, 0.2) is 65.1 Å². The van der Waals surface area contributed by atoms with E-state index in [2.05, 4.69) is 23.0 Å². The molecule has 0 radical (unpaired) electrons. The summed E-state index contributed by atoms with van der Waals surface area (Å²) in [4.78, 5) is 56.9. The first kappa shape index (κ1) is 35.8. The van der Waals surface area contributed by atoms with E-state index in [0.29, 0.717) is 36.5 Å². The van der Waals surface area contributed by atoms with Crippen LogP contribution >= 0.6 is 0 Å². The van der Waals surface area contributed by atoms with E-state index in [0.717, 1.165) is 31.2 Å². The molecule has 0 bridgehead atoms. The minimum Gasteiger partial charge on any atom is -0.494 e. The van der Waals surface area contributed by atoms with Crippen LogP contribution in [0.5, 0.6) is 5.75 Å². The van der Waals surface area contributed by atoms with Crippen molar-refractivity contribution >= 4 is 23.7 Å². The lowest BCUT2D eigenvalue weighted by Crippen LogP contribution is -2.45. The molecular formula is C35H45N3O8. The molecule has 2 atom stereocenters. The fraction of sp³-hybridized carbons (Fsp3) is 0.429. The van der Waals surface area contributed by atoms with Crippen molar-refractivity contribution in [1.82, 2.24) is 16.1 Å². The highest BCUT2D eigenvalue weighted by Gasteiger charge is 2.32. The van der Waals surface area contributed by atoms with Crippen LogP contribution in [0, 0.1) is 11.8 Å². The highest BCUT2D eigenvalue weighted by atomic mass is 16.6. The van der Waals surface area contributed by atoms with Crippen molar-refractivity contribution in [3.63, 3.8) is 0 Å². The summed E-state index contributed by atoms with van der Waals surface area (Å²) in [7, 11) is 1.29. The van der Waals surface area contributed by atoms with Crippen LogP contribution in [0.2, 0.25) is 0 Å². The Bertz CT molecular complexity index is 1420. The van der Waals surface area contributed by atoms with Gasteiger partial charge in [-0.3, -0.25) is 19.2 Å². The number of nitrogens with one attached hydrogen (secondary N) is 3. The van der Waals surface area contributed by atoms with E-state index in [1.54, 1.807) is 24.3 Å². The van der Waals surface area contributed by atoms with Gasteiger partial charge in [0.2, 0.25) is 11.8 Å². The molecule has 3 N–H and O–H groups in total. The maximum absolute atomic E-state index is 13.3. The third-order valence-corrected chi connectivity index (χ3v) is 7.40. The first-order chi connectivity index (χ1) is 22.3. The quantitative estimate of drug-likeness (QED) is 0.0649. The third-order valence-electron chi connectivity index (χ3n) is 7.40. The largest absolute Gasteiger partial charge is 0.494 e. The Morgan fingerprint density at radius 3 is 2.33 bits per heavy atom. The number of carbonyl (C=O) groups excluding carboxylic acids is 4. The lowest BCUT2D eigenvalue weighted by Gasteiger charge is -2.24. The van der Waals surface area contributed by atoms with E-state index < -0.39 is 23.7 Å². The van der Waals surface area contributed by atoms with Crippen LogP contribution in [0.1, 0.15) is 85.8 Å². The number of rotatable bonds is 19. The molecule has 0 spiro atoms. The van der Waals surface area contributed by atoms with Crippen molar-refractivity contribution in [3.05, 3.63) is 77.6 Å². The van der Waals surface area contributed by atoms with Gasteiger partial charge in [0.1, 0.15) is 11.5 Å². The molecule has 248 valence electrons. The molecule has 0 fully saturated rings. The molecule has 11 nitrogen and oxygen atoms in total. The molecule has 0 saturated heterocycles. The van der Waals surface area contributed by atoms with Gasteiger partial charge in [0, 0.05) is 11.5 Å². The van der Waals surface area contributed by atoms with Gasteiger partial charge in [0.25, 0.3) is 5.91 Å². The number of esters is 1. The SMILES string of the molecule is CCCCC[C@@H](C(=O)NCNC(=O)c1ccc(-c2cc(OCCC)cc(C(=O)OC)c2)o1)[C@@H](CC)C(=O)NOCc1ccccc1. The molecule has 0 aliphatic carbocycles. The van der Waals surface area contributed by atoms with Gasteiger partial charge >= 0.3 is 5.97 Å². The zero-order chi connectivity index (χ0) is 33.3. The van der Waals surface area contributed by atoms with Gasteiger partial charge in [-0.15, -0.1) is 0 Å². The topological polar surface area (TPSA) is 145 Å². The highest BCUT2D eigenvalue weighted by molar-refractivity contribution is 5.93. The molecule has 0 aliphatic rings. The third kappa shape index (κ3) is 10.8. The van der Waals surface area contributed by atoms with Crippen LogP contribution in [-0.2, 0) is 25.8 Å². The number of methoxy groups -OCH3 is 1. The lowest BCUT2D eigenvalue weighted by molar-refractivity contribution is -0.144. The number of hydrogen-bond acceptors (Lipinski definition) is 8. The molecule has 0 unspecified atom stereocenters. The summed E-state index contributed by atoms with van der Waals surface area (Å²) in [6.45, 7) is 6.42. The van der Waals surface area contributed by atoms with Crippen molar-refractivity contribution in [2.75, 3.05) is 20.4 Å². The summed E-state index contributed by atoms with van der Waals surface area (Å²) in [5, 5.41) is 5.40. The molecule has 11 heteroatoms. The number of hydroxylamine groups is 1. The first-order valence-electron chi connectivity index (χ1n) is 15.8. The fourth-order valence-electron chi connectivity index (χ4n) is 4.95. The smallest absolute Gasteiger partial charge is 0.338 e. The van der Waals surface area contributed by atoms with E-state index in [4.69, 9.17) is 18.7 Å². The van der Waals surface area contributed by atoms with Crippen LogP contribution in [0.3, 0.4) is 0 Å². The minimum atomic E-state index is -0.608. The molecule has 2 aromatic carbocycles. The Labute approximate surface area is 270 Å². The molecule has 3 rings (SSSR count). The predicted octanol–water partition coefficient (Wildman–Crippen LogP) is 5.80. The van der Waals surface area contributed by atoms with Crippen LogP contribution in [0.25, 0.3) is 11.3 Å². The van der Waals surface area contributed by atoms with Gasteiger partial charge in [-0.2, -0.15) is 0 Å². The van der Waals surface area contributed by atoms with E-state index in [1.807, 2.05) is 44.2 Å². The van der Waals surface area contributed by atoms with Gasteiger partial charge in [-0.1, -0.05) is 70.4 Å². The summed E-state index contributed by atoms with van der Waals surface area (Å²) in [5.74, 6) is -2.13. The second-order valence-electron chi connectivity index (χ2n) is 10.8. The molecular weight excluding hydrogens is 590 g/mol. The Kier molecular flexibility index (Phi) is 14.8. The standard InChI is InChI=1S/C35H45N3O8/c1-5-8-10-15-29(28(7-3)33(40)38-45-22-24-13-11-9-12-14-24)32(39)36-23-37-34(41)31-17-16-30(46-31)25-19-26(35(42)43-4)21-27(20-25)44-18-6-2/h9,11-14,16-17,19-21,28-29H,5-8,10,15,18,22-23H2,1-4H3,(H,36,39)(H,37,41)(H,38,40)/t28-,29-/m1/s1. The number of ether oxygens (including phenoxy) is 2. The Hall–Kier alpha value is -4.64. The summed E-state index contributed by atoms with van der Waals surface area (Å²) in [6, 6.07) is 17.5. The zero-order valence-electron chi connectivity index (χ0n) is 27.1. The fourth-order valence-corrected chi connectivity index (χ4v) is 4.95. The normalized spacial score (nSPS) is 12.1. The summed E-state index contributed by atoms with van der Waals surface area (Å²) in [6.07, 6.45) is 4.43. The number of amides is 3. The molecule has 3 aromatic rings. The van der Waals surface area contributed by atoms with E-state index >= 15 is 0 Å². The Morgan fingerprint density at radius 1 is 0.848 bits per heavy atom. The summed E-state index contributed by atoms with van der Waals surface area (Å²) < 4.78 is 16.4. The lowest BCUT2D eigenvalue weighted by atomic mass is 9.84. The highest BCUT2D eigenvalue weighted by Crippen LogP contribution is 2.29. The maximum atomic E-state index is 13.3. The Balaban J connectivity index is 1.61. The van der Waals surface area contributed by atoms with Crippen molar-refractivity contribution < 1.29 is 37.9 Å². The number of benzene rings is 2. The van der Waals surface area contributed by atoms with Gasteiger partial charge in [0.15, 0.2) is 5.76 Å². The van der Waals surface area contributed by atoms with Crippen molar-refractivity contribution in [1.29, 1.82) is 0 Å². The average Bonchev–Trinajstić information content (AvgIpc) is 3.58. The first-order valence-corrected chi connectivity index (χ1v) is 15.8. The molecule has 3 amide bonds. The average molecular weight is 636 g/mol. The van der Waals surface area contributed by atoms with Crippen molar-refractivity contribution in [3.8, 4) is 17.1 Å². The second-order valence-corrected chi connectivity index (χ2v) is 10.8. The minimum absolute atomic E-state index is 0.0182. The van der Waals surface area contributed by atoms with Crippen LogP contribution in [0.4, 0.5) is 0 Å². The molecule has 0 aliphatic heterocycles. The van der Waals surface area contributed by atoms with Gasteiger partial charge in [-0.25, -0.2) is 10.3 Å². The summed E-state index contributed by atoms with van der Waals surface area (Å²) in [5.41, 5.74) is 4.24.